The molecule has 0 aliphatic rings. The monoisotopic (exact) mass is 299 g/mol. The van der Waals surface area contributed by atoms with Crippen LogP contribution < -0.4 is 14.8 Å². The van der Waals surface area contributed by atoms with Gasteiger partial charge in [-0.1, -0.05) is 37.3 Å². The van der Waals surface area contributed by atoms with Gasteiger partial charge >= 0.3 is 0 Å². The summed E-state index contributed by atoms with van der Waals surface area (Å²) in [4.78, 5) is 0. The second-order valence-electron chi connectivity index (χ2n) is 5.47. The number of hydrogen-bond acceptors (Lipinski definition) is 3. The molecule has 0 saturated heterocycles. The number of para-hydroxylation sites is 3. The molecule has 0 amide bonds. The van der Waals surface area contributed by atoms with E-state index in [-0.39, 0.29) is 6.10 Å². The summed E-state index contributed by atoms with van der Waals surface area (Å²) in [5.41, 5.74) is 2.15. The van der Waals surface area contributed by atoms with Crippen molar-refractivity contribution in [2.45, 2.75) is 39.8 Å². The lowest BCUT2D eigenvalue weighted by Crippen LogP contribution is -2.09. The molecule has 0 aliphatic heterocycles. The summed E-state index contributed by atoms with van der Waals surface area (Å²) in [6.45, 7) is 7.62. The highest BCUT2D eigenvalue weighted by atomic mass is 16.5. The van der Waals surface area contributed by atoms with Gasteiger partial charge in [0.25, 0.3) is 0 Å². The summed E-state index contributed by atoms with van der Waals surface area (Å²) in [5.74, 6) is 1.82. The van der Waals surface area contributed by atoms with Crippen LogP contribution in [0.1, 0.15) is 32.8 Å². The maximum atomic E-state index is 5.84. The number of ether oxygens (including phenoxy) is 2. The van der Waals surface area contributed by atoms with E-state index in [1.807, 2.05) is 56.3 Å². The fourth-order valence-corrected chi connectivity index (χ4v) is 2.16. The molecule has 0 aliphatic carbocycles. The first-order chi connectivity index (χ1) is 10.7. The molecular weight excluding hydrogens is 274 g/mol. The Morgan fingerprint density at radius 1 is 0.955 bits per heavy atom. The molecule has 0 bridgehead atoms. The first-order valence-electron chi connectivity index (χ1n) is 7.91. The largest absolute Gasteiger partial charge is 0.493 e. The topological polar surface area (TPSA) is 30.5 Å². The third kappa shape index (κ3) is 4.69. The summed E-state index contributed by atoms with van der Waals surface area (Å²) < 4.78 is 11.6. The minimum absolute atomic E-state index is 0.156. The molecular formula is C19H25NO2. The number of rotatable bonds is 8. The first kappa shape index (κ1) is 16.2. The van der Waals surface area contributed by atoms with E-state index in [0.29, 0.717) is 6.54 Å². The Morgan fingerprint density at radius 2 is 1.64 bits per heavy atom. The average molecular weight is 299 g/mol. The molecule has 2 aromatic carbocycles. The van der Waals surface area contributed by atoms with Gasteiger partial charge < -0.3 is 14.8 Å². The number of hydrogen-bond donors (Lipinski definition) is 1. The van der Waals surface area contributed by atoms with E-state index in [0.717, 1.165) is 35.8 Å². The van der Waals surface area contributed by atoms with Crippen molar-refractivity contribution in [1.29, 1.82) is 0 Å². The van der Waals surface area contributed by atoms with E-state index in [9.17, 15) is 0 Å². The van der Waals surface area contributed by atoms with Crippen LogP contribution in [0.15, 0.2) is 48.5 Å². The Labute approximate surface area is 133 Å². The zero-order valence-electron chi connectivity index (χ0n) is 13.6. The van der Waals surface area contributed by atoms with Crippen LogP contribution in [0.5, 0.6) is 11.5 Å². The maximum absolute atomic E-state index is 5.84. The van der Waals surface area contributed by atoms with Crippen LogP contribution in [0, 0.1) is 0 Å². The second-order valence-corrected chi connectivity index (χ2v) is 5.47. The third-order valence-corrected chi connectivity index (χ3v) is 3.15. The van der Waals surface area contributed by atoms with Crippen LogP contribution in [0.25, 0.3) is 0 Å². The van der Waals surface area contributed by atoms with Gasteiger partial charge in [0.05, 0.1) is 18.4 Å². The first-order valence-corrected chi connectivity index (χ1v) is 7.91. The van der Waals surface area contributed by atoms with Gasteiger partial charge in [0.2, 0.25) is 0 Å². The molecule has 22 heavy (non-hydrogen) atoms. The van der Waals surface area contributed by atoms with Gasteiger partial charge in [0.15, 0.2) is 0 Å². The summed E-state index contributed by atoms with van der Waals surface area (Å²) in [7, 11) is 0. The van der Waals surface area contributed by atoms with Crippen LogP contribution in [-0.2, 0) is 6.54 Å². The van der Waals surface area contributed by atoms with Gasteiger partial charge in [-0.3, -0.25) is 0 Å². The molecule has 1 N–H and O–H groups in total. The molecule has 0 radical (unpaired) electrons. The van der Waals surface area contributed by atoms with Crippen LogP contribution in [-0.4, -0.2) is 12.7 Å². The molecule has 0 spiro atoms. The van der Waals surface area contributed by atoms with E-state index in [1.54, 1.807) is 0 Å². The molecule has 3 nitrogen and oxygen atoms in total. The highest BCUT2D eigenvalue weighted by molar-refractivity contribution is 5.56. The zero-order chi connectivity index (χ0) is 15.8. The summed E-state index contributed by atoms with van der Waals surface area (Å²) in [5, 5.41) is 3.45. The molecule has 0 unspecified atom stereocenters. The predicted octanol–water partition coefficient (Wildman–Crippen LogP) is 4.87. The molecule has 2 rings (SSSR count). The van der Waals surface area contributed by atoms with Crippen LogP contribution in [0.2, 0.25) is 0 Å². The molecule has 0 fully saturated rings. The number of anilines is 1. The minimum atomic E-state index is 0.156. The van der Waals surface area contributed by atoms with Crippen molar-refractivity contribution in [2.24, 2.45) is 0 Å². The molecule has 118 valence electrons. The smallest absolute Gasteiger partial charge is 0.142 e. The van der Waals surface area contributed by atoms with Crippen molar-refractivity contribution in [1.82, 2.24) is 0 Å². The average Bonchev–Trinajstić information content (AvgIpc) is 2.52. The third-order valence-electron chi connectivity index (χ3n) is 3.15. The van der Waals surface area contributed by atoms with E-state index >= 15 is 0 Å². The van der Waals surface area contributed by atoms with Crippen molar-refractivity contribution in [3.05, 3.63) is 54.1 Å². The highest BCUT2D eigenvalue weighted by Crippen LogP contribution is 2.27. The lowest BCUT2D eigenvalue weighted by atomic mass is 10.2. The van der Waals surface area contributed by atoms with Gasteiger partial charge in [-0.15, -0.1) is 0 Å². The Morgan fingerprint density at radius 3 is 2.36 bits per heavy atom. The molecule has 0 saturated carbocycles. The highest BCUT2D eigenvalue weighted by Gasteiger charge is 2.07. The number of benzene rings is 2. The Bertz CT molecular complexity index is 581. The minimum Gasteiger partial charge on any atom is -0.493 e. The van der Waals surface area contributed by atoms with E-state index in [4.69, 9.17) is 9.47 Å². The molecule has 0 heterocycles. The summed E-state index contributed by atoms with van der Waals surface area (Å²) >= 11 is 0. The van der Waals surface area contributed by atoms with E-state index in [2.05, 4.69) is 18.3 Å². The Balaban J connectivity index is 2.07. The number of nitrogens with one attached hydrogen (secondary N) is 1. The SMILES string of the molecule is CCCOc1ccccc1CNc1ccccc1OC(C)C. The fourth-order valence-electron chi connectivity index (χ4n) is 2.16. The molecule has 2 aromatic rings. The van der Waals surface area contributed by atoms with Gasteiger partial charge in [-0.05, 0) is 38.5 Å². The van der Waals surface area contributed by atoms with Gasteiger partial charge in [-0.2, -0.15) is 0 Å². The Kier molecular flexibility index (Phi) is 6.13. The molecule has 0 aromatic heterocycles. The molecule has 0 atom stereocenters. The standard InChI is InChI=1S/C19H25NO2/c1-4-13-21-18-11-7-5-9-16(18)14-20-17-10-6-8-12-19(17)22-15(2)3/h5-12,15,20H,4,13-14H2,1-3H3. The summed E-state index contributed by atoms with van der Waals surface area (Å²) in [6, 6.07) is 16.2. The normalized spacial score (nSPS) is 10.5. The van der Waals surface area contributed by atoms with Crippen molar-refractivity contribution in [3.8, 4) is 11.5 Å². The zero-order valence-corrected chi connectivity index (χ0v) is 13.6. The van der Waals surface area contributed by atoms with Gasteiger partial charge in [0.1, 0.15) is 11.5 Å². The quantitative estimate of drug-likeness (QED) is 0.754. The molecule has 3 heteroatoms. The van der Waals surface area contributed by atoms with Crippen molar-refractivity contribution >= 4 is 5.69 Å². The van der Waals surface area contributed by atoms with Crippen molar-refractivity contribution in [2.75, 3.05) is 11.9 Å². The van der Waals surface area contributed by atoms with Crippen LogP contribution in [0.3, 0.4) is 0 Å². The van der Waals surface area contributed by atoms with Gasteiger partial charge in [0, 0.05) is 12.1 Å². The summed E-state index contributed by atoms with van der Waals surface area (Å²) in [6.07, 6.45) is 1.16. The van der Waals surface area contributed by atoms with E-state index in [1.165, 1.54) is 0 Å². The lowest BCUT2D eigenvalue weighted by molar-refractivity contribution is 0.243. The van der Waals surface area contributed by atoms with Gasteiger partial charge in [-0.25, -0.2) is 0 Å². The second kappa shape index (κ2) is 8.32. The van der Waals surface area contributed by atoms with Crippen molar-refractivity contribution in [3.63, 3.8) is 0 Å². The Hall–Kier alpha value is -2.16. The fraction of sp³-hybridized carbons (Fsp3) is 0.368. The van der Waals surface area contributed by atoms with E-state index < -0.39 is 0 Å². The lowest BCUT2D eigenvalue weighted by Gasteiger charge is -2.16. The maximum Gasteiger partial charge on any atom is 0.142 e. The predicted molar refractivity (Wildman–Crippen MR) is 91.8 cm³/mol. The van der Waals surface area contributed by atoms with Crippen molar-refractivity contribution < 1.29 is 9.47 Å². The van der Waals surface area contributed by atoms with Crippen LogP contribution >= 0.6 is 0 Å². The van der Waals surface area contributed by atoms with Crippen LogP contribution in [0.4, 0.5) is 5.69 Å².